The Labute approximate surface area is 66.7 Å². The molecular formula is C8H14O3. The van der Waals surface area contributed by atoms with Crippen LogP contribution in [0.25, 0.3) is 0 Å². The van der Waals surface area contributed by atoms with Gasteiger partial charge >= 0.3 is 5.97 Å². The van der Waals surface area contributed by atoms with E-state index in [1.807, 2.05) is 6.92 Å². The zero-order valence-electron chi connectivity index (χ0n) is 7.05. The van der Waals surface area contributed by atoms with E-state index in [0.717, 1.165) is 6.42 Å². The van der Waals surface area contributed by atoms with E-state index in [1.165, 1.54) is 6.92 Å². The maximum Gasteiger partial charge on any atom is 0.305 e. The summed E-state index contributed by atoms with van der Waals surface area (Å²) in [7, 11) is 0. The third-order valence-corrected chi connectivity index (χ3v) is 1.17. The van der Waals surface area contributed by atoms with Crippen LogP contribution in [0.1, 0.15) is 33.1 Å². The third kappa shape index (κ3) is 7.03. The van der Waals surface area contributed by atoms with Gasteiger partial charge in [0.15, 0.2) is 0 Å². The van der Waals surface area contributed by atoms with Crippen LogP contribution in [0.5, 0.6) is 0 Å². The van der Waals surface area contributed by atoms with Crippen LogP contribution in [0.4, 0.5) is 0 Å². The largest absolute Gasteiger partial charge is 0.465 e. The zero-order valence-corrected chi connectivity index (χ0v) is 7.05. The highest BCUT2D eigenvalue weighted by molar-refractivity contribution is 5.76. The van der Waals surface area contributed by atoms with Gasteiger partial charge in [0, 0.05) is 12.8 Å². The summed E-state index contributed by atoms with van der Waals surface area (Å²) in [5, 5.41) is 0. The predicted molar refractivity (Wildman–Crippen MR) is 41.2 cm³/mol. The molecule has 0 aliphatic rings. The Kier molecular flexibility index (Phi) is 5.43. The molecule has 3 nitrogen and oxygen atoms in total. The predicted octanol–water partition coefficient (Wildman–Crippen LogP) is 1.31. The van der Waals surface area contributed by atoms with Crippen molar-refractivity contribution in [2.45, 2.75) is 33.1 Å². The number of ketones is 1. The molecule has 3 heteroatoms. The number of esters is 1. The standard InChI is InChI=1S/C8H14O3/c1-3-4-8(10)11-6-5-7(2)9/h3-6H2,1-2H3. The molecule has 0 radical (unpaired) electrons. The Morgan fingerprint density at radius 3 is 2.36 bits per heavy atom. The molecule has 0 saturated heterocycles. The fourth-order valence-corrected chi connectivity index (χ4v) is 0.585. The summed E-state index contributed by atoms with van der Waals surface area (Å²) >= 11 is 0. The SMILES string of the molecule is CCCC(=O)OCCC(C)=O. The van der Waals surface area contributed by atoms with Gasteiger partial charge < -0.3 is 4.74 Å². The fourth-order valence-electron chi connectivity index (χ4n) is 0.585. The quantitative estimate of drug-likeness (QED) is 0.566. The Bertz CT molecular complexity index is 140. The van der Waals surface area contributed by atoms with Gasteiger partial charge in [-0.2, -0.15) is 0 Å². The lowest BCUT2D eigenvalue weighted by atomic mass is 10.3. The summed E-state index contributed by atoms with van der Waals surface area (Å²) in [5.74, 6) is -0.164. The van der Waals surface area contributed by atoms with Crippen LogP contribution in [0, 0.1) is 0 Å². The second kappa shape index (κ2) is 5.89. The fraction of sp³-hybridized carbons (Fsp3) is 0.750. The number of hydrogen-bond donors (Lipinski definition) is 0. The van der Waals surface area contributed by atoms with Gasteiger partial charge in [-0.15, -0.1) is 0 Å². The Morgan fingerprint density at radius 2 is 1.91 bits per heavy atom. The maximum absolute atomic E-state index is 10.7. The number of carbonyl (C=O) groups excluding carboxylic acids is 2. The first-order valence-electron chi connectivity index (χ1n) is 3.82. The van der Waals surface area contributed by atoms with Crippen LogP contribution >= 0.6 is 0 Å². The lowest BCUT2D eigenvalue weighted by Gasteiger charge is -2.00. The molecule has 0 saturated carbocycles. The second-order valence-electron chi connectivity index (χ2n) is 2.42. The lowest BCUT2D eigenvalue weighted by molar-refractivity contribution is -0.144. The summed E-state index contributed by atoms with van der Waals surface area (Å²) in [4.78, 5) is 21.1. The molecule has 0 spiro atoms. The highest BCUT2D eigenvalue weighted by atomic mass is 16.5. The van der Waals surface area contributed by atoms with Crippen LogP contribution in [0.3, 0.4) is 0 Å². The van der Waals surface area contributed by atoms with E-state index in [1.54, 1.807) is 0 Å². The van der Waals surface area contributed by atoms with Crippen molar-refractivity contribution in [3.05, 3.63) is 0 Å². The van der Waals surface area contributed by atoms with E-state index in [0.29, 0.717) is 12.8 Å². The number of carbonyl (C=O) groups is 2. The van der Waals surface area contributed by atoms with Crippen molar-refractivity contribution in [2.24, 2.45) is 0 Å². The van der Waals surface area contributed by atoms with E-state index >= 15 is 0 Å². The molecule has 0 aromatic rings. The Balaban J connectivity index is 3.24. The Hall–Kier alpha value is -0.860. The average Bonchev–Trinajstić information content (AvgIpc) is 1.87. The maximum atomic E-state index is 10.7. The van der Waals surface area contributed by atoms with Gasteiger partial charge in [-0.05, 0) is 13.3 Å². The third-order valence-electron chi connectivity index (χ3n) is 1.17. The Morgan fingerprint density at radius 1 is 1.27 bits per heavy atom. The van der Waals surface area contributed by atoms with Crippen molar-refractivity contribution < 1.29 is 14.3 Å². The van der Waals surface area contributed by atoms with Crippen molar-refractivity contribution in [2.75, 3.05) is 6.61 Å². The van der Waals surface area contributed by atoms with E-state index in [2.05, 4.69) is 0 Å². The smallest absolute Gasteiger partial charge is 0.305 e. The van der Waals surface area contributed by atoms with Crippen LogP contribution in [0.15, 0.2) is 0 Å². The molecule has 0 heterocycles. The number of rotatable bonds is 5. The van der Waals surface area contributed by atoms with Gasteiger partial charge in [0.05, 0.1) is 6.61 Å². The molecule has 0 aromatic carbocycles. The monoisotopic (exact) mass is 158 g/mol. The number of ether oxygens (including phenoxy) is 1. The highest BCUT2D eigenvalue weighted by Gasteiger charge is 2.00. The van der Waals surface area contributed by atoms with Crippen LogP contribution in [0.2, 0.25) is 0 Å². The summed E-state index contributed by atoms with van der Waals surface area (Å²) in [6.07, 6.45) is 1.56. The number of Topliss-reactive ketones (excluding diaryl/α,β-unsaturated/α-hetero) is 1. The molecule has 0 amide bonds. The second-order valence-corrected chi connectivity index (χ2v) is 2.42. The molecule has 0 unspecified atom stereocenters. The molecule has 11 heavy (non-hydrogen) atoms. The van der Waals surface area contributed by atoms with Gasteiger partial charge in [-0.25, -0.2) is 0 Å². The van der Waals surface area contributed by atoms with Crippen LogP contribution in [-0.4, -0.2) is 18.4 Å². The molecule has 64 valence electrons. The van der Waals surface area contributed by atoms with Crippen molar-refractivity contribution in [3.8, 4) is 0 Å². The molecule has 0 aliphatic heterocycles. The van der Waals surface area contributed by atoms with E-state index < -0.39 is 0 Å². The molecular weight excluding hydrogens is 144 g/mol. The molecule has 0 rings (SSSR count). The number of hydrogen-bond acceptors (Lipinski definition) is 3. The molecule has 0 aromatic heterocycles. The summed E-state index contributed by atoms with van der Waals surface area (Å²) in [5.41, 5.74) is 0. The molecule has 0 fully saturated rings. The molecule has 0 bridgehead atoms. The first-order chi connectivity index (χ1) is 5.16. The first-order valence-corrected chi connectivity index (χ1v) is 3.82. The van der Waals surface area contributed by atoms with Gasteiger partial charge in [0.2, 0.25) is 0 Å². The lowest BCUT2D eigenvalue weighted by Crippen LogP contribution is -2.07. The van der Waals surface area contributed by atoms with Crippen molar-refractivity contribution >= 4 is 11.8 Å². The summed E-state index contributed by atoms with van der Waals surface area (Å²) < 4.78 is 4.73. The van der Waals surface area contributed by atoms with Gasteiger partial charge in [0.1, 0.15) is 5.78 Å². The normalized spacial score (nSPS) is 9.27. The molecule has 0 N–H and O–H groups in total. The summed E-state index contributed by atoms with van der Waals surface area (Å²) in [6, 6.07) is 0. The van der Waals surface area contributed by atoms with Crippen molar-refractivity contribution in [1.82, 2.24) is 0 Å². The van der Waals surface area contributed by atoms with E-state index in [-0.39, 0.29) is 18.4 Å². The molecule has 0 atom stereocenters. The first kappa shape index (κ1) is 10.1. The van der Waals surface area contributed by atoms with Crippen LogP contribution < -0.4 is 0 Å². The average molecular weight is 158 g/mol. The minimum Gasteiger partial charge on any atom is -0.465 e. The summed E-state index contributed by atoms with van der Waals surface area (Å²) in [6.45, 7) is 3.62. The van der Waals surface area contributed by atoms with E-state index in [9.17, 15) is 9.59 Å². The minimum atomic E-state index is -0.214. The van der Waals surface area contributed by atoms with Crippen molar-refractivity contribution in [3.63, 3.8) is 0 Å². The molecule has 0 aliphatic carbocycles. The van der Waals surface area contributed by atoms with Crippen molar-refractivity contribution in [1.29, 1.82) is 0 Å². The van der Waals surface area contributed by atoms with Gasteiger partial charge in [-0.3, -0.25) is 9.59 Å². The highest BCUT2D eigenvalue weighted by Crippen LogP contribution is 1.92. The topological polar surface area (TPSA) is 43.4 Å². The van der Waals surface area contributed by atoms with E-state index in [4.69, 9.17) is 4.74 Å². The zero-order chi connectivity index (χ0) is 8.69. The van der Waals surface area contributed by atoms with Gasteiger partial charge in [-0.1, -0.05) is 6.92 Å². The van der Waals surface area contributed by atoms with Gasteiger partial charge in [0.25, 0.3) is 0 Å². The van der Waals surface area contributed by atoms with Crippen LogP contribution in [-0.2, 0) is 14.3 Å². The minimum absolute atomic E-state index is 0.0503.